The molecule has 0 fully saturated rings. The van der Waals surface area contributed by atoms with Crippen molar-refractivity contribution in [3.63, 3.8) is 0 Å². The number of ether oxygens (including phenoxy) is 1. The third-order valence-corrected chi connectivity index (χ3v) is 6.76. The molecule has 3 rings (SSSR count). The predicted octanol–water partition coefficient (Wildman–Crippen LogP) is 4.18. The number of anilines is 1. The van der Waals surface area contributed by atoms with Crippen LogP contribution in [0.4, 0.5) is 10.1 Å². The van der Waals surface area contributed by atoms with Crippen molar-refractivity contribution < 1.29 is 22.3 Å². The van der Waals surface area contributed by atoms with Gasteiger partial charge in [0.25, 0.3) is 10.0 Å². The minimum absolute atomic E-state index is 0.0594. The quantitative estimate of drug-likeness (QED) is 0.470. The van der Waals surface area contributed by atoms with Crippen LogP contribution in [0.3, 0.4) is 0 Å². The average Bonchev–Trinajstić information content (AvgIpc) is 2.79. The Kier molecular flexibility index (Phi) is 7.71. The lowest BCUT2D eigenvalue weighted by atomic mass is 10.2. The molecule has 0 heterocycles. The number of sulfonamides is 1. The molecule has 3 aromatic carbocycles. The van der Waals surface area contributed by atoms with Crippen molar-refractivity contribution in [1.29, 1.82) is 0 Å². The van der Waals surface area contributed by atoms with Gasteiger partial charge < -0.3 is 10.1 Å². The van der Waals surface area contributed by atoms with Gasteiger partial charge in [0.15, 0.2) is 0 Å². The number of amides is 1. The first kappa shape index (κ1) is 23.6. The molecule has 0 saturated heterocycles. The van der Waals surface area contributed by atoms with E-state index in [1.165, 1.54) is 42.5 Å². The van der Waals surface area contributed by atoms with Crippen LogP contribution in [-0.2, 0) is 14.8 Å². The molecule has 0 spiro atoms. The highest BCUT2D eigenvalue weighted by Gasteiger charge is 2.27. The van der Waals surface area contributed by atoms with Crippen molar-refractivity contribution in [3.05, 3.63) is 89.2 Å². The first-order chi connectivity index (χ1) is 15.3. The van der Waals surface area contributed by atoms with Gasteiger partial charge in [0, 0.05) is 5.02 Å². The van der Waals surface area contributed by atoms with Crippen LogP contribution in [0.25, 0.3) is 0 Å². The first-order valence-corrected chi connectivity index (χ1v) is 11.6. The number of hydrogen-bond acceptors (Lipinski definition) is 4. The minimum Gasteiger partial charge on any atom is -0.492 e. The van der Waals surface area contributed by atoms with E-state index in [9.17, 15) is 17.6 Å². The van der Waals surface area contributed by atoms with E-state index in [4.69, 9.17) is 16.3 Å². The standard InChI is InChI=1S/C23H22ClFN2O4S/c1-17-7-10-19(15-22(17)24)27(32(29,30)21-5-3-2-4-6-21)16-23(28)26-13-14-31-20-11-8-18(25)9-12-20/h2-12,15H,13-14,16H2,1H3,(H,26,28). The number of carbonyl (C=O) groups excluding carboxylic acids is 1. The lowest BCUT2D eigenvalue weighted by molar-refractivity contribution is -0.119. The van der Waals surface area contributed by atoms with Gasteiger partial charge in [-0.3, -0.25) is 9.10 Å². The van der Waals surface area contributed by atoms with Gasteiger partial charge in [-0.2, -0.15) is 0 Å². The normalized spacial score (nSPS) is 11.1. The zero-order valence-corrected chi connectivity index (χ0v) is 18.9. The molecule has 1 N–H and O–H groups in total. The van der Waals surface area contributed by atoms with Gasteiger partial charge in [0.1, 0.15) is 24.7 Å². The SMILES string of the molecule is Cc1ccc(N(CC(=O)NCCOc2ccc(F)cc2)S(=O)(=O)c2ccccc2)cc1Cl. The zero-order valence-electron chi connectivity index (χ0n) is 17.3. The summed E-state index contributed by atoms with van der Waals surface area (Å²) in [4.78, 5) is 12.6. The molecule has 0 bridgehead atoms. The van der Waals surface area contributed by atoms with Crippen molar-refractivity contribution in [3.8, 4) is 5.75 Å². The summed E-state index contributed by atoms with van der Waals surface area (Å²) < 4.78 is 45.9. The summed E-state index contributed by atoms with van der Waals surface area (Å²) >= 11 is 6.20. The molecule has 0 radical (unpaired) electrons. The van der Waals surface area contributed by atoms with Crippen LogP contribution in [0.2, 0.25) is 5.02 Å². The average molecular weight is 477 g/mol. The van der Waals surface area contributed by atoms with Gasteiger partial charge in [0.2, 0.25) is 5.91 Å². The van der Waals surface area contributed by atoms with Gasteiger partial charge in [-0.05, 0) is 61.0 Å². The lowest BCUT2D eigenvalue weighted by Crippen LogP contribution is -2.41. The molecule has 9 heteroatoms. The van der Waals surface area contributed by atoms with Crippen molar-refractivity contribution in [1.82, 2.24) is 5.32 Å². The Morgan fingerprint density at radius 2 is 1.75 bits per heavy atom. The molecule has 1 amide bonds. The highest BCUT2D eigenvalue weighted by Crippen LogP contribution is 2.27. The molecule has 32 heavy (non-hydrogen) atoms. The third-order valence-electron chi connectivity index (χ3n) is 4.57. The number of benzene rings is 3. The lowest BCUT2D eigenvalue weighted by Gasteiger charge is -2.24. The smallest absolute Gasteiger partial charge is 0.264 e. The summed E-state index contributed by atoms with van der Waals surface area (Å²) in [6.45, 7) is 1.65. The van der Waals surface area contributed by atoms with Crippen molar-refractivity contribution >= 4 is 33.2 Å². The van der Waals surface area contributed by atoms with Crippen LogP contribution in [0.1, 0.15) is 5.56 Å². The zero-order chi connectivity index (χ0) is 23.1. The molecule has 6 nitrogen and oxygen atoms in total. The van der Waals surface area contributed by atoms with Crippen molar-refractivity contribution in [2.45, 2.75) is 11.8 Å². The van der Waals surface area contributed by atoms with E-state index < -0.39 is 22.5 Å². The number of rotatable bonds is 9. The van der Waals surface area contributed by atoms with E-state index in [0.29, 0.717) is 10.8 Å². The molecule has 0 atom stereocenters. The summed E-state index contributed by atoms with van der Waals surface area (Å²) in [6.07, 6.45) is 0. The molecule has 0 saturated carbocycles. The summed E-state index contributed by atoms with van der Waals surface area (Å²) in [5, 5.41) is 3.03. The van der Waals surface area contributed by atoms with Crippen molar-refractivity contribution in [2.75, 3.05) is 24.0 Å². The second-order valence-electron chi connectivity index (χ2n) is 6.91. The second-order valence-corrected chi connectivity index (χ2v) is 9.18. The first-order valence-electron chi connectivity index (χ1n) is 9.76. The van der Waals surface area contributed by atoms with Crippen LogP contribution in [0.15, 0.2) is 77.7 Å². The summed E-state index contributed by atoms with van der Waals surface area (Å²) in [7, 11) is -4.01. The molecular weight excluding hydrogens is 455 g/mol. The Morgan fingerprint density at radius 1 is 1.06 bits per heavy atom. The molecule has 0 aliphatic rings. The summed E-state index contributed by atoms with van der Waals surface area (Å²) in [5.41, 5.74) is 1.07. The van der Waals surface area contributed by atoms with Crippen LogP contribution in [-0.4, -0.2) is 34.0 Å². The van der Waals surface area contributed by atoms with Gasteiger partial charge in [-0.25, -0.2) is 12.8 Å². The van der Waals surface area contributed by atoms with E-state index in [-0.39, 0.29) is 29.6 Å². The number of halogens is 2. The third kappa shape index (κ3) is 5.99. The van der Waals surface area contributed by atoms with E-state index in [1.807, 2.05) is 0 Å². The van der Waals surface area contributed by atoms with Crippen LogP contribution >= 0.6 is 11.6 Å². The monoisotopic (exact) mass is 476 g/mol. The fraction of sp³-hybridized carbons (Fsp3) is 0.174. The van der Waals surface area contributed by atoms with Gasteiger partial charge in [-0.1, -0.05) is 35.9 Å². The van der Waals surface area contributed by atoms with Gasteiger partial charge >= 0.3 is 0 Å². The Bertz CT molecular complexity index is 1170. The molecular formula is C23H22ClFN2O4S. The number of nitrogens with one attached hydrogen (secondary N) is 1. The Morgan fingerprint density at radius 3 is 2.41 bits per heavy atom. The van der Waals surface area contributed by atoms with E-state index in [2.05, 4.69) is 5.32 Å². The number of hydrogen-bond donors (Lipinski definition) is 1. The molecule has 168 valence electrons. The van der Waals surface area contributed by atoms with Crippen LogP contribution in [0, 0.1) is 12.7 Å². The molecule has 3 aromatic rings. The predicted molar refractivity (Wildman–Crippen MR) is 122 cm³/mol. The number of nitrogens with zero attached hydrogens (tertiary/aromatic N) is 1. The Labute approximate surface area is 191 Å². The van der Waals surface area contributed by atoms with E-state index in [1.54, 1.807) is 37.3 Å². The van der Waals surface area contributed by atoms with Gasteiger partial charge in [-0.15, -0.1) is 0 Å². The number of carbonyl (C=O) groups is 1. The van der Waals surface area contributed by atoms with Crippen molar-refractivity contribution in [2.24, 2.45) is 0 Å². The maximum absolute atomic E-state index is 13.3. The number of aryl methyl sites for hydroxylation is 1. The minimum atomic E-state index is -4.01. The Hall–Kier alpha value is -3.10. The maximum Gasteiger partial charge on any atom is 0.264 e. The summed E-state index contributed by atoms with van der Waals surface area (Å²) in [5.74, 6) is -0.422. The van der Waals surface area contributed by atoms with Gasteiger partial charge in [0.05, 0.1) is 17.1 Å². The molecule has 0 aromatic heterocycles. The fourth-order valence-electron chi connectivity index (χ4n) is 2.85. The van der Waals surface area contributed by atoms with E-state index >= 15 is 0 Å². The van der Waals surface area contributed by atoms with Crippen LogP contribution < -0.4 is 14.4 Å². The molecule has 0 aliphatic heterocycles. The molecule has 0 aliphatic carbocycles. The largest absolute Gasteiger partial charge is 0.492 e. The fourth-order valence-corrected chi connectivity index (χ4v) is 4.46. The summed E-state index contributed by atoms with van der Waals surface area (Å²) in [6, 6.07) is 18.2. The maximum atomic E-state index is 13.3. The Balaban J connectivity index is 1.71. The van der Waals surface area contributed by atoms with E-state index in [0.717, 1.165) is 9.87 Å². The van der Waals surface area contributed by atoms with Crippen LogP contribution in [0.5, 0.6) is 5.75 Å². The second kappa shape index (κ2) is 10.5. The topological polar surface area (TPSA) is 75.7 Å². The highest BCUT2D eigenvalue weighted by molar-refractivity contribution is 7.92. The highest BCUT2D eigenvalue weighted by atomic mass is 35.5. The molecule has 0 unspecified atom stereocenters.